The van der Waals surface area contributed by atoms with Gasteiger partial charge in [0.05, 0.1) is 23.3 Å². The van der Waals surface area contributed by atoms with Gasteiger partial charge in [-0.25, -0.2) is 4.79 Å². The Morgan fingerprint density at radius 3 is 2.50 bits per heavy atom. The third kappa shape index (κ3) is 4.22. The minimum Gasteiger partial charge on any atom is -0.490 e. The largest absolute Gasteiger partial charge is 0.490 e. The van der Waals surface area contributed by atoms with Crippen molar-refractivity contribution < 1.29 is 24.0 Å². The molecule has 1 amide bonds. The van der Waals surface area contributed by atoms with Crippen molar-refractivity contribution >= 4 is 34.0 Å². The van der Waals surface area contributed by atoms with Crippen LogP contribution in [0.1, 0.15) is 17.3 Å². The van der Waals surface area contributed by atoms with Crippen molar-refractivity contribution in [2.75, 3.05) is 25.2 Å². The predicted octanol–water partition coefficient (Wildman–Crippen LogP) is 3.97. The van der Waals surface area contributed by atoms with Gasteiger partial charge < -0.3 is 14.4 Å². The van der Waals surface area contributed by atoms with Gasteiger partial charge in [0.15, 0.2) is 12.4 Å². The normalized spacial score (nSPS) is 10.5. The van der Waals surface area contributed by atoms with E-state index in [9.17, 15) is 19.7 Å². The number of benzene rings is 3. The first-order valence-electron chi connectivity index (χ1n) is 9.24. The maximum atomic E-state index is 12.8. The van der Waals surface area contributed by atoms with E-state index >= 15 is 0 Å². The lowest BCUT2D eigenvalue weighted by molar-refractivity contribution is -0.385. The zero-order valence-electron chi connectivity index (χ0n) is 16.5. The number of fused-ring (bicyclic) bond motifs is 1. The first kappa shape index (κ1) is 20.8. The van der Waals surface area contributed by atoms with Crippen LogP contribution in [-0.2, 0) is 9.53 Å². The number of anilines is 1. The van der Waals surface area contributed by atoms with Crippen molar-refractivity contribution in [2.24, 2.45) is 0 Å². The predicted molar refractivity (Wildman–Crippen MR) is 112 cm³/mol. The minimum atomic E-state index is -0.830. The SMILES string of the molecule is CCN(C(=O)COC(=O)c1ccc(OC)c([N+](=O)[O-])c1)c1cccc2ccccc12. The molecule has 0 saturated carbocycles. The van der Waals surface area contributed by atoms with Crippen molar-refractivity contribution in [1.29, 1.82) is 0 Å². The number of likely N-dealkylation sites (N-methyl/N-ethyl adjacent to an activating group) is 1. The Morgan fingerprint density at radius 1 is 1.07 bits per heavy atom. The van der Waals surface area contributed by atoms with E-state index in [0.717, 1.165) is 22.5 Å². The molecule has 3 aromatic rings. The highest BCUT2D eigenvalue weighted by Gasteiger charge is 2.21. The molecule has 0 aromatic heterocycles. The van der Waals surface area contributed by atoms with E-state index in [1.165, 1.54) is 24.1 Å². The van der Waals surface area contributed by atoms with Crippen molar-refractivity contribution in [2.45, 2.75) is 6.92 Å². The zero-order chi connectivity index (χ0) is 21.7. The molecule has 0 atom stereocenters. The second kappa shape index (κ2) is 9.04. The minimum absolute atomic E-state index is 0.0285. The third-order valence-electron chi connectivity index (χ3n) is 4.61. The van der Waals surface area contributed by atoms with Gasteiger partial charge in [0.1, 0.15) is 0 Å². The molecular weight excluding hydrogens is 388 g/mol. The molecule has 0 radical (unpaired) electrons. The Balaban J connectivity index is 1.76. The smallest absolute Gasteiger partial charge is 0.338 e. The van der Waals surface area contributed by atoms with E-state index in [2.05, 4.69) is 0 Å². The van der Waals surface area contributed by atoms with Gasteiger partial charge in [-0.1, -0.05) is 36.4 Å². The monoisotopic (exact) mass is 408 g/mol. The van der Waals surface area contributed by atoms with Gasteiger partial charge in [-0.15, -0.1) is 0 Å². The molecule has 0 bridgehead atoms. The lowest BCUT2D eigenvalue weighted by atomic mass is 10.1. The van der Waals surface area contributed by atoms with Crippen LogP contribution in [0.25, 0.3) is 10.8 Å². The molecule has 0 spiro atoms. The van der Waals surface area contributed by atoms with Gasteiger partial charge in [0.2, 0.25) is 0 Å². The highest BCUT2D eigenvalue weighted by Crippen LogP contribution is 2.28. The maximum Gasteiger partial charge on any atom is 0.338 e. The number of nitro groups is 1. The lowest BCUT2D eigenvalue weighted by Gasteiger charge is -2.22. The molecule has 0 N–H and O–H groups in total. The molecule has 8 nitrogen and oxygen atoms in total. The third-order valence-corrected chi connectivity index (χ3v) is 4.61. The van der Waals surface area contributed by atoms with Crippen LogP contribution < -0.4 is 9.64 Å². The van der Waals surface area contributed by atoms with Crippen LogP contribution in [0.3, 0.4) is 0 Å². The average Bonchev–Trinajstić information content (AvgIpc) is 2.77. The topological polar surface area (TPSA) is 99.0 Å². The number of rotatable bonds is 7. The highest BCUT2D eigenvalue weighted by molar-refractivity contribution is 6.04. The van der Waals surface area contributed by atoms with Crippen LogP contribution in [0.5, 0.6) is 5.75 Å². The van der Waals surface area contributed by atoms with Crippen LogP contribution in [0.4, 0.5) is 11.4 Å². The van der Waals surface area contributed by atoms with Crippen LogP contribution in [0.15, 0.2) is 60.7 Å². The fourth-order valence-corrected chi connectivity index (χ4v) is 3.17. The van der Waals surface area contributed by atoms with E-state index in [-0.39, 0.29) is 17.0 Å². The van der Waals surface area contributed by atoms with Crippen LogP contribution >= 0.6 is 0 Å². The van der Waals surface area contributed by atoms with Crippen molar-refractivity contribution in [3.8, 4) is 5.75 Å². The fraction of sp³-hybridized carbons (Fsp3) is 0.182. The molecule has 0 heterocycles. The summed E-state index contributed by atoms with van der Waals surface area (Å²) in [5, 5.41) is 13.0. The van der Waals surface area contributed by atoms with Crippen molar-refractivity contribution in [1.82, 2.24) is 0 Å². The van der Waals surface area contributed by atoms with Crippen LogP contribution in [0.2, 0.25) is 0 Å². The molecule has 0 unspecified atom stereocenters. The Bertz CT molecular complexity index is 1110. The van der Waals surface area contributed by atoms with E-state index in [1.807, 2.05) is 49.4 Å². The van der Waals surface area contributed by atoms with Crippen LogP contribution in [-0.4, -0.2) is 37.1 Å². The van der Waals surface area contributed by atoms with Gasteiger partial charge in [-0.3, -0.25) is 14.9 Å². The van der Waals surface area contributed by atoms with Gasteiger partial charge in [-0.05, 0) is 30.5 Å². The molecule has 0 aliphatic carbocycles. The fourth-order valence-electron chi connectivity index (χ4n) is 3.17. The summed E-state index contributed by atoms with van der Waals surface area (Å²) in [7, 11) is 1.30. The Kier molecular flexibility index (Phi) is 6.26. The van der Waals surface area contributed by atoms with Crippen LogP contribution in [0, 0.1) is 10.1 Å². The van der Waals surface area contributed by atoms with Gasteiger partial charge in [-0.2, -0.15) is 0 Å². The zero-order valence-corrected chi connectivity index (χ0v) is 16.5. The van der Waals surface area contributed by atoms with E-state index in [0.29, 0.717) is 6.54 Å². The van der Waals surface area contributed by atoms with E-state index < -0.39 is 23.4 Å². The van der Waals surface area contributed by atoms with Crippen molar-refractivity contribution in [3.05, 3.63) is 76.3 Å². The molecule has 0 aliphatic rings. The summed E-state index contributed by atoms with van der Waals surface area (Å²) in [6.45, 7) is 1.72. The number of methoxy groups -OCH3 is 1. The second-order valence-electron chi connectivity index (χ2n) is 6.36. The summed E-state index contributed by atoms with van der Waals surface area (Å²) in [6, 6.07) is 17.0. The van der Waals surface area contributed by atoms with Gasteiger partial charge >= 0.3 is 11.7 Å². The summed E-state index contributed by atoms with van der Waals surface area (Å²) in [4.78, 5) is 37.1. The van der Waals surface area contributed by atoms with E-state index in [1.54, 1.807) is 0 Å². The highest BCUT2D eigenvalue weighted by atomic mass is 16.6. The summed E-state index contributed by atoms with van der Waals surface area (Å²) < 4.78 is 10.0. The summed E-state index contributed by atoms with van der Waals surface area (Å²) in [5.74, 6) is -1.20. The number of esters is 1. The summed E-state index contributed by atoms with van der Waals surface area (Å²) in [5.41, 5.74) is 0.324. The molecule has 3 rings (SSSR count). The number of carbonyl (C=O) groups excluding carboxylic acids is 2. The van der Waals surface area contributed by atoms with Gasteiger partial charge in [0.25, 0.3) is 5.91 Å². The standard InChI is InChI=1S/C22H20N2O6/c1-3-23(18-10-6-8-15-7-4-5-9-17(15)18)21(25)14-30-22(26)16-11-12-20(29-2)19(13-16)24(27)28/h4-13H,3,14H2,1-2H3. The number of hydrogen-bond acceptors (Lipinski definition) is 6. The van der Waals surface area contributed by atoms with Gasteiger partial charge in [0, 0.05) is 18.0 Å². The number of amides is 1. The number of nitro benzene ring substituents is 1. The number of nitrogens with zero attached hydrogens (tertiary/aromatic N) is 2. The summed E-state index contributed by atoms with van der Waals surface area (Å²) in [6.07, 6.45) is 0. The number of ether oxygens (including phenoxy) is 2. The Morgan fingerprint density at radius 2 is 1.80 bits per heavy atom. The lowest BCUT2D eigenvalue weighted by Crippen LogP contribution is -2.34. The molecule has 30 heavy (non-hydrogen) atoms. The summed E-state index contributed by atoms with van der Waals surface area (Å²) >= 11 is 0. The quantitative estimate of drug-likeness (QED) is 0.333. The molecule has 8 heteroatoms. The molecular formula is C22H20N2O6. The Hall–Kier alpha value is -3.94. The number of hydrogen-bond donors (Lipinski definition) is 0. The molecule has 0 aliphatic heterocycles. The van der Waals surface area contributed by atoms with E-state index in [4.69, 9.17) is 9.47 Å². The number of carbonyl (C=O) groups is 2. The average molecular weight is 408 g/mol. The first-order chi connectivity index (χ1) is 14.5. The molecule has 0 saturated heterocycles. The molecule has 3 aromatic carbocycles. The second-order valence-corrected chi connectivity index (χ2v) is 6.36. The van der Waals surface area contributed by atoms with Crippen molar-refractivity contribution in [3.63, 3.8) is 0 Å². The Labute approximate surface area is 172 Å². The maximum absolute atomic E-state index is 12.8. The molecule has 154 valence electrons. The first-order valence-corrected chi connectivity index (χ1v) is 9.24. The molecule has 0 fully saturated rings.